The maximum atomic E-state index is 4.25. The molecule has 0 aliphatic heterocycles. The number of anilines is 1. The molecular formula is C17H16N4. The molecule has 0 saturated carbocycles. The minimum absolute atomic E-state index is 0.795. The summed E-state index contributed by atoms with van der Waals surface area (Å²) in [7, 11) is 0. The van der Waals surface area contributed by atoms with Crippen molar-refractivity contribution in [3.05, 3.63) is 72.6 Å². The molecule has 1 N–H and O–H groups in total. The molecule has 4 nitrogen and oxygen atoms in total. The summed E-state index contributed by atoms with van der Waals surface area (Å²) in [6.45, 7) is 0.823. The van der Waals surface area contributed by atoms with Crippen LogP contribution in [0.25, 0.3) is 11.3 Å². The van der Waals surface area contributed by atoms with Crippen molar-refractivity contribution < 1.29 is 0 Å². The Morgan fingerprint density at radius 1 is 0.810 bits per heavy atom. The van der Waals surface area contributed by atoms with E-state index in [-0.39, 0.29) is 0 Å². The smallest absolute Gasteiger partial charge is 0.148 e. The van der Waals surface area contributed by atoms with Gasteiger partial charge in [0.05, 0.1) is 5.69 Å². The second-order valence-corrected chi connectivity index (χ2v) is 4.70. The van der Waals surface area contributed by atoms with Crippen molar-refractivity contribution in [1.29, 1.82) is 0 Å². The van der Waals surface area contributed by atoms with Crippen molar-refractivity contribution in [2.75, 3.05) is 11.9 Å². The van der Waals surface area contributed by atoms with E-state index in [9.17, 15) is 0 Å². The summed E-state index contributed by atoms with van der Waals surface area (Å²) in [6.07, 6.45) is 4.55. The van der Waals surface area contributed by atoms with Crippen LogP contribution in [0, 0.1) is 0 Å². The molecule has 0 atom stereocenters. The zero-order chi connectivity index (χ0) is 14.3. The molecule has 0 amide bonds. The molecule has 1 aromatic carbocycles. The van der Waals surface area contributed by atoms with Crippen LogP contribution in [-0.2, 0) is 6.42 Å². The summed E-state index contributed by atoms with van der Waals surface area (Å²) in [4.78, 5) is 4.01. The predicted molar refractivity (Wildman–Crippen MR) is 83.9 cm³/mol. The average molecular weight is 276 g/mol. The zero-order valence-corrected chi connectivity index (χ0v) is 11.6. The van der Waals surface area contributed by atoms with Crippen molar-refractivity contribution in [2.45, 2.75) is 6.42 Å². The lowest BCUT2D eigenvalue weighted by atomic mass is 10.1. The molecule has 0 aliphatic carbocycles. The third-order valence-corrected chi connectivity index (χ3v) is 3.20. The lowest BCUT2D eigenvalue weighted by molar-refractivity contribution is 0.967. The van der Waals surface area contributed by atoms with E-state index in [2.05, 4.69) is 20.5 Å². The second kappa shape index (κ2) is 6.61. The number of nitrogens with one attached hydrogen (secondary N) is 1. The number of aromatic nitrogens is 3. The predicted octanol–water partition coefficient (Wildman–Crippen LogP) is 3.19. The maximum Gasteiger partial charge on any atom is 0.148 e. The van der Waals surface area contributed by atoms with Gasteiger partial charge >= 0.3 is 0 Å². The van der Waals surface area contributed by atoms with E-state index in [1.54, 1.807) is 0 Å². The molecule has 3 rings (SSSR count). The van der Waals surface area contributed by atoms with Crippen LogP contribution in [0.5, 0.6) is 0 Å². The van der Waals surface area contributed by atoms with E-state index in [1.807, 2.05) is 67.0 Å². The van der Waals surface area contributed by atoms with E-state index in [4.69, 9.17) is 0 Å². The number of rotatable bonds is 5. The minimum atomic E-state index is 0.795. The molecule has 0 bridgehead atoms. The van der Waals surface area contributed by atoms with Gasteiger partial charge in [0.25, 0.3) is 0 Å². The fraction of sp³-hybridized carbons (Fsp3) is 0.118. The maximum absolute atomic E-state index is 4.25. The highest BCUT2D eigenvalue weighted by Gasteiger charge is 2.00. The highest BCUT2D eigenvalue weighted by Crippen LogP contribution is 2.16. The summed E-state index contributed by atoms with van der Waals surface area (Å²) in [5.41, 5.74) is 3.22. The Morgan fingerprint density at radius 3 is 2.33 bits per heavy atom. The quantitative estimate of drug-likeness (QED) is 0.777. The van der Waals surface area contributed by atoms with Gasteiger partial charge in [-0.25, -0.2) is 0 Å². The molecular weight excluding hydrogens is 260 g/mol. The van der Waals surface area contributed by atoms with Gasteiger partial charge in [-0.15, -0.1) is 10.2 Å². The third kappa shape index (κ3) is 3.63. The summed E-state index contributed by atoms with van der Waals surface area (Å²) < 4.78 is 0. The van der Waals surface area contributed by atoms with E-state index in [0.717, 1.165) is 30.0 Å². The third-order valence-electron chi connectivity index (χ3n) is 3.20. The zero-order valence-electron chi connectivity index (χ0n) is 11.6. The van der Waals surface area contributed by atoms with E-state index >= 15 is 0 Å². The van der Waals surface area contributed by atoms with Gasteiger partial charge in [-0.2, -0.15) is 0 Å². The molecule has 0 unspecified atom stereocenters. The van der Waals surface area contributed by atoms with Gasteiger partial charge in [-0.05, 0) is 36.2 Å². The van der Waals surface area contributed by atoms with E-state index in [1.165, 1.54) is 5.56 Å². The van der Waals surface area contributed by atoms with Crippen molar-refractivity contribution in [3.63, 3.8) is 0 Å². The van der Waals surface area contributed by atoms with Crippen LogP contribution in [-0.4, -0.2) is 21.7 Å². The van der Waals surface area contributed by atoms with Gasteiger partial charge in [-0.3, -0.25) is 4.98 Å². The summed E-state index contributed by atoms with van der Waals surface area (Å²) in [6, 6.07) is 18.0. The van der Waals surface area contributed by atoms with Crippen molar-refractivity contribution in [3.8, 4) is 11.3 Å². The minimum Gasteiger partial charge on any atom is -0.368 e. The Kier molecular flexibility index (Phi) is 4.17. The summed E-state index contributed by atoms with van der Waals surface area (Å²) in [5, 5.41) is 11.7. The van der Waals surface area contributed by atoms with Crippen LogP contribution >= 0.6 is 0 Å². The lowest BCUT2D eigenvalue weighted by Crippen LogP contribution is -2.07. The van der Waals surface area contributed by atoms with E-state index < -0.39 is 0 Å². The fourth-order valence-electron chi connectivity index (χ4n) is 2.07. The van der Waals surface area contributed by atoms with Crippen LogP contribution in [0.3, 0.4) is 0 Å². The first-order chi connectivity index (χ1) is 10.4. The number of hydrogen-bond donors (Lipinski definition) is 1. The second-order valence-electron chi connectivity index (χ2n) is 4.70. The topological polar surface area (TPSA) is 50.7 Å². The van der Waals surface area contributed by atoms with Crippen LogP contribution in [0.1, 0.15) is 5.56 Å². The molecule has 2 aromatic heterocycles. The van der Waals surface area contributed by atoms with Gasteiger partial charge in [0.15, 0.2) is 0 Å². The molecule has 21 heavy (non-hydrogen) atoms. The number of pyridine rings is 1. The van der Waals surface area contributed by atoms with Crippen molar-refractivity contribution in [2.24, 2.45) is 0 Å². The van der Waals surface area contributed by atoms with Gasteiger partial charge in [0.1, 0.15) is 5.82 Å². The first kappa shape index (κ1) is 13.2. The highest BCUT2D eigenvalue weighted by atomic mass is 15.2. The monoisotopic (exact) mass is 276 g/mol. The molecule has 3 aromatic rings. The van der Waals surface area contributed by atoms with Crippen LogP contribution < -0.4 is 5.32 Å². The molecule has 2 heterocycles. The largest absolute Gasteiger partial charge is 0.368 e. The average Bonchev–Trinajstić information content (AvgIpc) is 2.57. The van der Waals surface area contributed by atoms with E-state index in [0.29, 0.717) is 0 Å². The Hall–Kier alpha value is -2.75. The molecule has 0 saturated heterocycles. The highest BCUT2D eigenvalue weighted by molar-refractivity contribution is 5.59. The molecule has 0 fully saturated rings. The van der Waals surface area contributed by atoms with Crippen molar-refractivity contribution >= 4 is 5.82 Å². The lowest BCUT2D eigenvalue weighted by Gasteiger charge is -2.06. The molecule has 0 radical (unpaired) electrons. The number of benzene rings is 1. The first-order valence-electron chi connectivity index (χ1n) is 6.94. The Morgan fingerprint density at radius 2 is 1.62 bits per heavy atom. The van der Waals surface area contributed by atoms with Gasteiger partial charge < -0.3 is 5.32 Å². The molecule has 4 heteroatoms. The number of nitrogens with zero attached hydrogens (tertiary/aromatic N) is 3. The van der Waals surface area contributed by atoms with Gasteiger partial charge in [0, 0.05) is 24.5 Å². The van der Waals surface area contributed by atoms with Crippen LogP contribution in [0.2, 0.25) is 0 Å². The van der Waals surface area contributed by atoms with Crippen LogP contribution in [0.15, 0.2) is 67.0 Å². The van der Waals surface area contributed by atoms with Gasteiger partial charge in [0.2, 0.25) is 0 Å². The fourth-order valence-corrected chi connectivity index (χ4v) is 2.07. The summed E-state index contributed by atoms with van der Waals surface area (Å²) >= 11 is 0. The Labute approximate surface area is 123 Å². The standard InChI is InChI=1S/C17H16N4/c1-2-4-15(5-3-1)16-6-7-17(21-20-16)19-13-10-14-8-11-18-12-9-14/h1-9,11-12H,10,13H2,(H,19,21). The Bertz CT molecular complexity index is 666. The number of hydrogen-bond acceptors (Lipinski definition) is 4. The normalized spacial score (nSPS) is 10.3. The SMILES string of the molecule is c1ccc(-c2ccc(NCCc3ccncc3)nn2)cc1. The van der Waals surface area contributed by atoms with Crippen LogP contribution in [0.4, 0.5) is 5.82 Å². The summed E-state index contributed by atoms with van der Waals surface area (Å²) in [5.74, 6) is 0.795. The molecule has 104 valence electrons. The first-order valence-corrected chi connectivity index (χ1v) is 6.94. The molecule has 0 aliphatic rings. The Balaban J connectivity index is 1.58. The van der Waals surface area contributed by atoms with Crippen molar-refractivity contribution in [1.82, 2.24) is 15.2 Å². The molecule has 0 spiro atoms. The van der Waals surface area contributed by atoms with Gasteiger partial charge in [-0.1, -0.05) is 30.3 Å².